The summed E-state index contributed by atoms with van der Waals surface area (Å²) in [6, 6.07) is 12.1. The van der Waals surface area contributed by atoms with Gasteiger partial charge in [-0.1, -0.05) is 12.1 Å². The Bertz CT molecular complexity index is 586. The molecule has 0 saturated carbocycles. The Labute approximate surface area is 141 Å². The maximum absolute atomic E-state index is 8.97. The van der Waals surface area contributed by atoms with Crippen LogP contribution in [0.25, 0.3) is 0 Å². The van der Waals surface area contributed by atoms with Crippen LogP contribution < -0.4 is 35.4 Å². The van der Waals surface area contributed by atoms with Gasteiger partial charge in [-0.15, -0.1) is 0 Å². The molecule has 5 heteroatoms. The average molecular weight is 415 g/mol. The highest BCUT2D eigenvalue weighted by atomic mass is 127. The summed E-state index contributed by atoms with van der Waals surface area (Å²) >= 11 is -0.436. The first-order valence-electron chi connectivity index (χ1n) is 6.86. The quantitative estimate of drug-likeness (QED) is 0.613. The van der Waals surface area contributed by atoms with Crippen LogP contribution in [0.4, 0.5) is 0 Å². The molecule has 0 heterocycles. The molecule has 0 aliphatic heterocycles. The number of aliphatic hydroxyl groups is 1. The van der Waals surface area contributed by atoms with Gasteiger partial charge in [-0.05, 0) is 24.1 Å². The first-order chi connectivity index (χ1) is 10.7. The number of benzene rings is 2. The van der Waals surface area contributed by atoms with Crippen LogP contribution in [0.3, 0.4) is 0 Å². The fraction of sp³-hybridized carbons (Fsp3) is 0.294. The van der Waals surface area contributed by atoms with Gasteiger partial charge < -0.3 is 19.3 Å². The van der Waals surface area contributed by atoms with E-state index in [9.17, 15) is 0 Å². The number of ether oxygens (including phenoxy) is 3. The van der Waals surface area contributed by atoms with E-state index < -0.39 is 21.2 Å². The fourth-order valence-corrected chi connectivity index (χ4v) is 4.63. The second-order valence-electron chi connectivity index (χ2n) is 4.54. The lowest BCUT2D eigenvalue weighted by atomic mass is 10.2. The van der Waals surface area contributed by atoms with Crippen molar-refractivity contribution in [2.75, 3.05) is 27.9 Å². The molecule has 0 atom stereocenters. The third-order valence-corrected chi connectivity index (χ3v) is 6.12. The molecular formula is C17H20IO4+. The molecule has 118 valence electrons. The molecule has 1 N–H and O–H groups in total. The van der Waals surface area contributed by atoms with Crippen molar-refractivity contribution in [2.24, 2.45) is 0 Å². The van der Waals surface area contributed by atoms with E-state index in [-0.39, 0.29) is 6.61 Å². The van der Waals surface area contributed by atoms with Crippen molar-refractivity contribution in [2.45, 2.75) is 6.42 Å². The minimum atomic E-state index is -0.436. The summed E-state index contributed by atoms with van der Waals surface area (Å²) in [5, 5.41) is 8.97. The van der Waals surface area contributed by atoms with Crippen LogP contribution >= 0.6 is 0 Å². The monoisotopic (exact) mass is 415 g/mol. The molecule has 0 unspecified atom stereocenters. The van der Waals surface area contributed by atoms with Crippen molar-refractivity contribution in [3.05, 3.63) is 49.1 Å². The van der Waals surface area contributed by atoms with Gasteiger partial charge in [0.2, 0.25) is 0 Å². The Morgan fingerprint density at radius 2 is 1.50 bits per heavy atom. The van der Waals surface area contributed by atoms with Gasteiger partial charge in [0, 0.05) is 18.7 Å². The first kappa shape index (κ1) is 16.9. The van der Waals surface area contributed by atoms with Crippen molar-refractivity contribution >= 4 is 0 Å². The van der Waals surface area contributed by atoms with Crippen LogP contribution in [0.2, 0.25) is 0 Å². The number of halogens is 1. The zero-order valence-electron chi connectivity index (χ0n) is 12.9. The van der Waals surface area contributed by atoms with E-state index in [0.29, 0.717) is 6.42 Å². The summed E-state index contributed by atoms with van der Waals surface area (Å²) < 4.78 is 18.6. The molecule has 2 rings (SSSR count). The van der Waals surface area contributed by atoms with E-state index >= 15 is 0 Å². The predicted molar refractivity (Wildman–Crippen MR) is 80.7 cm³/mol. The lowest BCUT2D eigenvalue weighted by Gasteiger charge is -2.08. The van der Waals surface area contributed by atoms with Crippen molar-refractivity contribution in [1.29, 1.82) is 0 Å². The highest BCUT2D eigenvalue weighted by Gasteiger charge is 2.27. The van der Waals surface area contributed by atoms with E-state index in [0.717, 1.165) is 26.4 Å². The summed E-state index contributed by atoms with van der Waals surface area (Å²) in [5.41, 5.74) is 1.14. The molecule has 4 nitrogen and oxygen atoms in total. The van der Waals surface area contributed by atoms with Crippen molar-refractivity contribution < 1.29 is 40.5 Å². The lowest BCUT2D eigenvalue weighted by molar-refractivity contribution is -0.598. The van der Waals surface area contributed by atoms with Crippen LogP contribution in [0.5, 0.6) is 17.2 Å². The molecule has 0 fully saturated rings. The van der Waals surface area contributed by atoms with Gasteiger partial charge >= 0.3 is 21.2 Å². The van der Waals surface area contributed by atoms with Gasteiger partial charge in [-0.25, -0.2) is 0 Å². The summed E-state index contributed by atoms with van der Waals surface area (Å²) in [4.78, 5) is 0. The third kappa shape index (κ3) is 4.04. The second-order valence-corrected chi connectivity index (χ2v) is 7.40. The molecule has 0 aliphatic rings. The summed E-state index contributed by atoms with van der Waals surface area (Å²) in [6.07, 6.45) is 0.688. The van der Waals surface area contributed by atoms with Gasteiger partial charge in [0.05, 0.1) is 21.3 Å². The minimum Gasteiger partial charge on any atom is -0.496 e. The zero-order chi connectivity index (χ0) is 15.9. The topological polar surface area (TPSA) is 47.9 Å². The lowest BCUT2D eigenvalue weighted by Crippen LogP contribution is -3.61. The molecule has 0 spiro atoms. The number of methoxy groups -OCH3 is 3. The van der Waals surface area contributed by atoms with E-state index in [1.165, 1.54) is 3.57 Å². The Balaban J connectivity index is 2.31. The van der Waals surface area contributed by atoms with E-state index in [1.54, 1.807) is 21.3 Å². The number of hydrogen-bond acceptors (Lipinski definition) is 4. The second kappa shape index (κ2) is 8.24. The molecule has 0 amide bonds. The molecular weight excluding hydrogens is 395 g/mol. The van der Waals surface area contributed by atoms with Crippen LogP contribution in [0.15, 0.2) is 36.4 Å². The van der Waals surface area contributed by atoms with Gasteiger partial charge in [-0.3, -0.25) is 0 Å². The largest absolute Gasteiger partial charge is 0.496 e. The fourth-order valence-electron chi connectivity index (χ4n) is 2.01. The molecule has 0 radical (unpaired) electrons. The number of hydrogen-bond donors (Lipinski definition) is 1. The highest BCUT2D eigenvalue weighted by Crippen LogP contribution is 2.27. The SMILES string of the molecule is COc1cc(OC)c([I+]c2ccc(CCO)cc2)c(OC)c1. The summed E-state index contributed by atoms with van der Waals surface area (Å²) in [6.45, 7) is 0.175. The molecule has 0 bridgehead atoms. The molecule has 0 saturated heterocycles. The molecule has 22 heavy (non-hydrogen) atoms. The highest BCUT2D eigenvalue weighted by molar-refractivity contribution is 5.41. The number of rotatable bonds is 7. The van der Waals surface area contributed by atoms with Crippen LogP contribution in [-0.4, -0.2) is 33.0 Å². The predicted octanol–water partition coefficient (Wildman–Crippen LogP) is -0.624. The maximum atomic E-state index is 8.97. The molecule has 0 aliphatic carbocycles. The van der Waals surface area contributed by atoms with Crippen LogP contribution in [-0.2, 0) is 6.42 Å². The van der Waals surface area contributed by atoms with Gasteiger partial charge in [0.15, 0.2) is 15.1 Å². The summed E-state index contributed by atoms with van der Waals surface area (Å²) in [5.74, 6) is 2.31. The maximum Gasteiger partial charge on any atom is 0.366 e. The Morgan fingerprint density at radius 3 is 1.95 bits per heavy atom. The van der Waals surface area contributed by atoms with E-state index in [2.05, 4.69) is 24.3 Å². The van der Waals surface area contributed by atoms with Gasteiger partial charge in [0.25, 0.3) is 3.57 Å². The smallest absolute Gasteiger partial charge is 0.366 e. The number of aliphatic hydroxyl groups excluding tert-OH is 1. The Kier molecular flexibility index (Phi) is 6.33. The van der Waals surface area contributed by atoms with E-state index in [1.807, 2.05) is 12.1 Å². The molecule has 2 aromatic carbocycles. The van der Waals surface area contributed by atoms with Crippen molar-refractivity contribution in [3.63, 3.8) is 0 Å². The van der Waals surface area contributed by atoms with Crippen molar-refractivity contribution in [1.82, 2.24) is 0 Å². The normalized spacial score (nSPS) is 10.4. The minimum absolute atomic E-state index is 0.175. The standard InChI is InChI=1S/C17H20IO4/c1-20-14-10-15(21-2)17(16(11-14)22-3)18-13-6-4-12(5-7-13)8-9-19/h4-7,10-11,19H,8-9H2,1-3H3/q+1. The average Bonchev–Trinajstić information content (AvgIpc) is 2.56. The molecule has 0 aromatic heterocycles. The van der Waals surface area contributed by atoms with Gasteiger partial charge in [0.1, 0.15) is 5.75 Å². The van der Waals surface area contributed by atoms with Crippen molar-refractivity contribution in [3.8, 4) is 17.2 Å². The van der Waals surface area contributed by atoms with Crippen LogP contribution in [0.1, 0.15) is 5.56 Å². The first-order valence-corrected chi connectivity index (χ1v) is 9.02. The third-order valence-electron chi connectivity index (χ3n) is 3.17. The van der Waals surface area contributed by atoms with Gasteiger partial charge in [-0.2, -0.15) is 0 Å². The molecule has 2 aromatic rings. The van der Waals surface area contributed by atoms with E-state index in [4.69, 9.17) is 19.3 Å². The Morgan fingerprint density at radius 1 is 0.909 bits per heavy atom. The summed E-state index contributed by atoms with van der Waals surface area (Å²) in [7, 11) is 4.94. The Hall–Kier alpha value is -1.47. The van der Waals surface area contributed by atoms with Crippen LogP contribution in [0, 0.1) is 7.14 Å². The zero-order valence-corrected chi connectivity index (χ0v) is 15.1.